The lowest BCUT2D eigenvalue weighted by Crippen LogP contribution is -2.25. The van der Waals surface area contributed by atoms with Gasteiger partial charge < -0.3 is 5.32 Å². The van der Waals surface area contributed by atoms with Gasteiger partial charge in [0.2, 0.25) is 0 Å². The van der Waals surface area contributed by atoms with Gasteiger partial charge in [-0.05, 0) is 49.6 Å². The van der Waals surface area contributed by atoms with Gasteiger partial charge in [-0.1, -0.05) is 13.0 Å². The van der Waals surface area contributed by atoms with Crippen molar-refractivity contribution in [3.63, 3.8) is 0 Å². The standard InChI is InChI=1S/C13H18FN/c1-3-13-11(6-7-15-13)12-8-10(14)5-4-9(12)2/h4-5,8,11,13,15H,3,6-7H2,1-2H3. The van der Waals surface area contributed by atoms with Crippen LogP contribution in [0.3, 0.4) is 0 Å². The van der Waals surface area contributed by atoms with Gasteiger partial charge in [-0.2, -0.15) is 0 Å². The molecule has 2 rings (SSSR count). The maximum Gasteiger partial charge on any atom is 0.123 e. The number of hydrogen-bond donors (Lipinski definition) is 1. The van der Waals surface area contributed by atoms with E-state index in [4.69, 9.17) is 0 Å². The normalized spacial score (nSPS) is 25.8. The second-order valence-corrected chi connectivity index (χ2v) is 4.36. The fraction of sp³-hybridized carbons (Fsp3) is 0.538. The first-order valence-electron chi connectivity index (χ1n) is 5.71. The zero-order chi connectivity index (χ0) is 10.8. The highest BCUT2D eigenvalue weighted by atomic mass is 19.1. The van der Waals surface area contributed by atoms with Crippen LogP contribution in [0, 0.1) is 12.7 Å². The molecular formula is C13H18FN. The summed E-state index contributed by atoms with van der Waals surface area (Å²) in [6.07, 6.45) is 2.24. The molecular weight excluding hydrogens is 189 g/mol. The molecule has 15 heavy (non-hydrogen) atoms. The zero-order valence-corrected chi connectivity index (χ0v) is 9.39. The predicted molar refractivity (Wildman–Crippen MR) is 60.6 cm³/mol. The Morgan fingerprint density at radius 3 is 3.00 bits per heavy atom. The number of aryl methyl sites for hydroxylation is 1. The minimum Gasteiger partial charge on any atom is -0.313 e. The molecule has 1 aromatic rings. The SMILES string of the molecule is CCC1NCCC1c1cc(F)ccc1C. The molecule has 1 nitrogen and oxygen atoms in total. The lowest BCUT2D eigenvalue weighted by Gasteiger charge is -2.20. The van der Waals surface area contributed by atoms with Crippen molar-refractivity contribution < 1.29 is 4.39 Å². The van der Waals surface area contributed by atoms with Crippen LogP contribution in [0.1, 0.15) is 36.8 Å². The summed E-state index contributed by atoms with van der Waals surface area (Å²) in [5.41, 5.74) is 2.40. The molecule has 0 spiro atoms. The van der Waals surface area contributed by atoms with Crippen molar-refractivity contribution in [3.05, 3.63) is 35.1 Å². The minimum atomic E-state index is -0.114. The van der Waals surface area contributed by atoms with E-state index in [2.05, 4.69) is 19.2 Å². The smallest absolute Gasteiger partial charge is 0.123 e. The van der Waals surface area contributed by atoms with E-state index in [9.17, 15) is 4.39 Å². The molecule has 1 aliphatic rings. The van der Waals surface area contributed by atoms with Crippen LogP contribution in [0.5, 0.6) is 0 Å². The summed E-state index contributed by atoms with van der Waals surface area (Å²) in [4.78, 5) is 0. The van der Waals surface area contributed by atoms with Gasteiger partial charge in [-0.25, -0.2) is 4.39 Å². The molecule has 1 N–H and O–H groups in total. The highest BCUT2D eigenvalue weighted by Crippen LogP contribution is 2.31. The van der Waals surface area contributed by atoms with Crippen molar-refractivity contribution in [1.29, 1.82) is 0 Å². The van der Waals surface area contributed by atoms with Crippen molar-refractivity contribution in [3.8, 4) is 0 Å². The van der Waals surface area contributed by atoms with Crippen molar-refractivity contribution in [2.24, 2.45) is 0 Å². The average molecular weight is 207 g/mol. The van der Waals surface area contributed by atoms with Crippen molar-refractivity contribution in [2.45, 2.75) is 38.6 Å². The predicted octanol–water partition coefficient (Wildman–Crippen LogP) is 2.99. The van der Waals surface area contributed by atoms with E-state index >= 15 is 0 Å². The molecule has 1 fully saturated rings. The summed E-state index contributed by atoms with van der Waals surface area (Å²) in [6.45, 7) is 5.31. The molecule has 0 radical (unpaired) electrons. The van der Waals surface area contributed by atoms with E-state index in [-0.39, 0.29) is 5.82 Å². The second-order valence-electron chi connectivity index (χ2n) is 4.36. The van der Waals surface area contributed by atoms with Gasteiger partial charge in [0.15, 0.2) is 0 Å². The lowest BCUT2D eigenvalue weighted by molar-refractivity contribution is 0.526. The first-order valence-corrected chi connectivity index (χ1v) is 5.71. The summed E-state index contributed by atoms with van der Waals surface area (Å²) in [6, 6.07) is 5.65. The fourth-order valence-corrected chi connectivity index (χ4v) is 2.58. The van der Waals surface area contributed by atoms with Gasteiger partial charge in [0.05, 0.1) is 0 Å². The molecule has 0 aliphatic carbocycles. The summed E-state index contributed by atoms with van der Waals surface area (Å²) >= 11 is 0. The van der Waals surface area contributed by atoms with E-state index in [0.29, 0.717) is 12.0 Å². The average Bonchev–Trinajstić information content (AvgIpc) is 2.69. The number of benzene rings is 1. The number of hydrogen-bond acceptors (Lipinski definition) is 1. The third-order valence-corrected chi connectivity index (χ3v) is 3.43. The van der Waals surface area contributed by atoms with Crippen LogP contribution in [0.4, 0.5) is 4.39 Å². The summed E-state index contributed by atoms with van der Waals surface area (Å²) in [5, 5.41) is 3.48. The molecule has 1 aliphatic heterocycles. The highest BCUT2D eigenvalue weighted by molar-refractivity contribution is 5.32. The van der Waals surface area contributed by atoms with Crippen LogP contribution in [0.25, 0.3) is 0 Å². The monoisotopic (exact) mass is 207 g/mol. The Morgan fingerprint density at radius 1 is 1.47 bits per heavy atom. The molecule has 2 atom stereocenters. The molecule has 1 saturated heterocycles. The van der Waals surface area contributed by atoms with E-state index in [1.807, 2.05) is 6.07 Å². The third-order valence-electron chi connectivity index (χ3n) is 3.43. The van der Waals surface area contributed by atoms with Crippen molar-refractivity contribution in [2.75, 3.05) is 6.54 Å². The molecule has 82 valence electrons. The van der Waals surface area contributed by atoms with Crippen molar-refractivity contribution >= 4 is 0 Å². The molecule has 0 bridgehead atoms. The summed E-state index contributed by atoms with van der Waals surface area (Å²) in [7, 11) is 0. The molecule has 2 unspecified atom stereocenters. The first-order chi connectivity index (χ1) is 7.22. The van der Waals surface area contributed by atoms with Crippen molar-refractivity contribution in [1.82, 2.24) is 5.32 Å². The van der Waals surface area contributed by atoms with Crippen LogP contribution >= 0.6 is 0 Å². The molecule has 0 amide bonds. The Kier molecular flexibility index (Phi) is 3.06. The number of rotatable bonds is 2. The van der Waals surface area contributed by atoms with Crippen LogP contribution in [0.2, 0.25) is 0 Å². The maximum atomic E-state index is 13.2. The van der Waals surface area contributed by atoms with Gasteiger partial charge >= 0.3 is 0 Å². The van der Waals surface area contributed by atoms with Crippen LogP contribution in [-0.2, 0) is 0 Å². The number of halogens is 1. The van der Waals surface area contributed by atoms with Crippen LogP contribution < -0.4 is 5.32 Å². The maximum absolute atomic E-state index is 13.2. The topological polar surface area (TPSA) is 12.0 Å². The Hall–Kier alpha value is -0.890. The second kappa shape index (κ2) is 4.31. The zero-order valence-electron chi connectivity index (χ0n) is 9.39. The van der Waals surface area contributed by atoms with Gasteiger partial charge in [0.25, 0.3) is 0 Å². The third kappa shape index (κ3) is 2.05. The van der Waals surface area contributed by atoms with Gasteiger partial charge in [0.1, 0.15) is 5.82 Å². The van der Waals surface area contributed by atoms with Gasteiger partial charge in [-0.3, -0.25) is 0 Å². The molecule has 1 aromatic carbocycles. The minimum absolute atomic E-state index is 0.114. The van der Waals surface area contributed by atoms with Crippen LogP contribution in [-0.4, -0.2) is 12.6 Å². The van der Waals surface area contributed by atoms with Gasteiger partial charge in [0, 0.05) is 12.0 Å². The molecule has 1 heterocycles. The van der Waals surface area contributed by atoms with Crippen LogP contribution in [0.15, 0.2) is 18.2 Å². The fourth-order valence-electron chi connectivity index (χ4n) is 2.58. The summed E-state index contributed by atoms with van der Waals surface area (Å²) in [5.74, 6) is 0.378. The highest BCUT2D eigenvalue weighted by Gasteiger charge is 2.27. The quantitative estimate of drug-likeness (QED) is 0.786. The van der Waals surface area contributed by atoms with Gasteiger partial charge in [-0.15, -0.1) is 0 Å². The van der Waals surface area contributed by atoms with E-state index in [0.717, 1.165) is 19.4 Å². The molecule has 2 heteroatoms. The van der Waals surface area contributed by atoms with E-state index in [1.54, 1.807) is 12.1 Å². The Morgan fingerprint density at radius 2 is 2.27 bits per heavy atom. The first kappa shape index (κ1) is 10.6. The molecule has 0 saturated carbocycles. The Labute approximate surface area is 90.7 Å². The van der Waals surface area contributed by atoms with E-state index < -0.39 is 0 Å². The Bertz CT molecular complexity index is 348. The number of nitrogens with one attached hydrogen (secondary N) is 1. The van der Waals surface area contributed by atoms with E-state index in [1.165, 1.54) is 11.1 Å². The largest absolute Gasteiger partial charge is 0.313 e. The lowest BCUT2D eigenvalue weighted by atomic mass is 9.88. The summed E-state index contributed by atoms with van der Waals surface area (Å²) < 4.78 is 13.2. The molecule has 0 aromatic heterocycles. The Balaban J connectivity index is 2.31.